The summed E-state index contributed by atoms with van der Waals surface area (Å²) in [4.78, 5) is 12.7. The van der Waals surface area contributed by atoms with Crippen LogP contribution in [0.4, 0.5) is 5.69 Å². The van der Waals surface area contributed by atoms with Crippen molar-refractivity contribution in [3.8, 4) is 11.4 Å². The Kier molecular flexibility index (Phi) is 5.20. The van der Waals surface area contributed by atoms with Crippen LogP contribution in [0.15, 0.2) is 42.5 Å². The summed E-state index contributed by atoms with van der Waals surface area (Å²) in [5.41, 5.74) is 3.45. The fourth-order valence-corrected chi connectivity index (χ4v) is 3.36. The predicted octanol–water partition coefficient (Wildman–Crippen LogP) is 5.06. The molecule has 0 atom stereocenters. The van der Waals surface area contributed by atoms with E-state index in [0.29, 0.717) is 22.7 Å². The number of para-hydroxylation sites is 1. The van der Waals surface area contributed by atoms with Gasteiger partial charge in [-0.25, -0.2) is 4.68 Å². The molecule has 3 rings (SSSR count). The van der Waals surface area contributed by atoms with Gasteiger partial charge >= 0.3 is 0 Å². The second-order valence-corrected chi connectivity index (χ2v) is 6.53. The first-order valence-corrected chi connectivity index (χ1v) is 8.64. The topological polar surface area (TPSA) is 56.1 Å². The van der Waals surface area contributed by atoms with Gasteiger partial charge in [0.2, 0.25) is 0 Å². The van der Waals surface area contributed by atoms with Crippen LogP contribution in [0.5, 0.6) is 5.75 Å². The number of anilines is 1. The number of aromatic nitrogens is 2. The van der Waals surface area contributed by atoms with Crippen LogP contribution in [-0.4, -0.2) is 22.8 Å². The van der Waals surface area contributed by atoms with E-state index in [9.17, 15) is 4.79 Å². The zero-order valence-electron chi connectivity index (χ0n) is 14.5. The third-order valence-corrected chi connectivity index (χ3v) is 4.56. The number of nitrogens with one attached hydrogen (secondary N) is 1. The van der Waals surface area contributed by atoms with Gasteiger partial charge in [0.1, 0.15) is 0 Å². The van der Waals surface area contributed by atoms with Crippen molar-refractivity contribution >= 4 is 34.8 Å². The summed E-state index contributed by atoms with van der Waals surface area (Å²) < 4.78 is 6.90. The molecule has 0 saturated heterocycles. The van der Waals surface area contributed by atoms with Crippen molar-refractivity contribution in [2.24, 2.45) is 0 Å². The number of rotatable bonds is 4. The highest BCUT2D eigenvalue weighted by molar-refractivity contribution is 6.37. The molecule has 26 heavy (non-hydrogen) atoms. The molecule has 5 nitrogen and oxygen atoms in total. The summed E-state index contributed by atoms with van der Waals surface area (Å²) in [5.74, 6) is 0.0180. The Labute approximate surface area is 161 Å². The van der Waals surface area contributed by atoms with E-state index in [4.69, 9.17) is 27.9 Å². The van der Waals surface area contributed by atoms with Gasteiger partial charge in [0.05, 0.1) is 39.9 Å². The second kappa shape index (κ2) is 7.40. The largest absolute Gasteiger partial charge is 0.494 e. The first kappa shape index (κ1) is 18.3. The number of halogens is 2. The van der Waals surface area contributed by atoms with Crippen molar-refractivity contribution in [2.45, 2.75) is 13.8 Å². The third kappa shape index (κ3) is 3.41. The quantitative estimate of drug-likeness (QED) is 0.678. The van der Waals surface area contributed by atoms with Gasteiger partial charge in [-0.05, 0) is 38.1 Å². The van der Waals surface area contributed by atoms with Crippen LogP contribution >= 0.6 is 23.2 Å². The van der Waals surface area contributed by atoms with Gasteiger partial charge in [0.15, 0.2) is 5.75 Å². The van der Waals surface area contributed by atoms with Gasteiger partial charge < -0.3 is 10.1 Å². The first-order valence-electron chi connectivity index (χ1n) is 7.88. The predicted molar refractivity (Wildman–Crippen MR) is 104 cm³/mol. The average Bonchev–Trinajstić information content (AvgIpc) is 2.90. The first-order chi connectivity index (χ1) is 12.4. The normalized spacial score (nSPS) is 10.7. The highest BCUT2D eigenvalue weighted by Crippen LogP contribution is 2.34. The Morgan fingerprint density at radius 2 is 1.73 bits per heavy atom. The van der Waals surface area contributed by atoms with Crippen molar-refractivity contribution in [3.63, 3.8) is 0 Å². The number of nitrogens with zero attached hydrogens (tertiary/aromatic N) is 2. The summed E-state index contributed by atoms with van der Waals surface area (Å²) in [5, 5.41) is 7.97. The van der Waals surface area contributed by atoms with Gasteiger partial charge in [0.25, 0.3) is 5.91 Å². The number of amides is 1. The van der Waals surface area contributed by atoms with Crippen LogP contribution in [0.1, 0.15) is 21.7 Å². The third-order valence-electron chi connectivity index (χ3n) is 4.00. The van der Waals surface area contributed by atoms with Gasteiger partial charge in [0, 0.05) is 5.56 Å². The van der Waals surface area contributed by atoms with Crippen molar-refractivity contribution in [1.82, 2.24) is 9.78 Å². The lowest BCUT2D eigenvalue weighted by atomic mass is 10.2. The maximum atomic E-state index is 12.7. The number of methoxy groups -OCH3 is 1. The van der Waals surface area contributed by atoms with E-state index < -0.39 is 0 Å². The fourth-order valence-electron chi connectivity index (χ4n) is 2.72. The molecule has 0 radical (unpaired) electrons. The zero-order valence-corrected chi connectivity index (χ0v) is 16.0. The van der Waals surface area contributed by atoms with Crippen molar-refractivity contribution in [3.05, 3.63) is 69.5 Å². The summed E-state index contributed by atoms with van der Waals surface area (Å²) in [7, 11) is 1.47. The summed E-state index contributed by atoms with van der Waals surface area (Å²) in [6.45, 7) is 3.74. The number of carbonyl (C=O) groups is 1. The molecule has 0 aliphatic rings. The number of aryl methyl sites for hydroxylation is 1. The van der Waals surface area contributed by atoms with Crippen molar-refractivity contribution in [1.29, 1.82) is 0 Å². The molecular weight excluding hydrogens is 373 g/mol. The maximum absolute atomic E-state index is 12.7. The molecule has 0 saturated carbocycles. The molecule has 0 bridgehead atoms. The van der Waals surface area contributed by atoms with E-state index >= 15 is 0 Å². The SMILES string of the molecule is COc1c(Cl)cc(C(=O)Nc2c(C)nn(-c3ccccc3)c2C)cc1Cl. The number of ether oxygens (including phenoxy) is 1. The highest BCUT2D eigenvalue weighted by Gasteiger charge is 2.18. The monoisotopic (exact) mass is 389 g/mol. The molecule has 134 valence electrons. The lowest BCUT2D eigenvalue weighted by Gasteiger charge is -2.10. The Morgan fingerprint density at radius 3 is 2.31 bits per heavy atom. The van der Waals surface area contributed by atoms with Gasteiger partial charge in [-0.2, -0.15) is 5.10 Å². The number of carbonyl (C=O) groups excluding carboxylic acids is 1. The maximum Gasteiger partial charge on any atom is 0.255 e. The van der Waals surface area contributed by atoms with Crippen molar-refractivity contribution in [2.75, 3.05) is 12.4 Å². The molecule has 1 heterocycles. The van der Waals surface area contributed by atoms with Gasteiger partial charge in [-0.1, -0.05) is 41.4 Å². The van der Waals surface area contributed by atoms with Crippen LogP contribution in [0, 0.1) is 13.8 Å². The average molecular weight is 390 g/mol. The minimum atomic E-state index is -0.324. The lowest BCUT2D eigenvalue weighted by Crippen LogP contribution is -2.13. The standard InChI is InChI=1S/C19H17Cl2N3O2/c1-11-17(12(2)24(23-11)14-7-5-4-6-8-14)22-19(25)13-9-15(20)18(26-3)16(21)10-13/h4-10H,1-3H3,(H,22,25). The minimum Gasteiger partial charge on any atom is -0.494 e. The molecule has 3 aromatic rings. The minimum absolute atomic E-state index is 0.276. The van der Waals surface area contributed by atoms with Crippen LogP contribution in [0.2, 0.25) is 10.0 Å². The molecule has 0 fully saturated rings. The lowest BCUT2D eigenvalue weighted by molar-refractivity contribution is 0.102. The molecule has 0 unspecified atom stereocenters. The van der Waals surface area contributed by atoms with E-state index in [-0.39, 0.29) is 16.0 Å². The van der Waals surface area contributed by atoms with Crippen molar-refractivity contribution < 1.29 is 9.53 Å². The molecule has 2 aromatic carbocycles. The Hall–Kier alpha value is -2.50. The van der Waals surface area contributed by atoms with Crippen LogP contribution in [0.25, 0.3) is 5.69 Å². The van der Waals surface area contributed by atoms with Crippen LogP contribution < -0.4 is 10.1 Å². The molecular formula is C19H17Cl2N3O2. The molecule has 1 aromatic heterocycles. The van der Waals surface area contributed by atoms with Crippen LogP contribution in [0.3, 0.4) is 0 Å². The highest BCUT2D eigenvalue weighted by atomic mass is 35.5. The molecule has 0 aliphatic heterocycles. The van der Waals surface area contributed by atoms with E-state index in [0.717, 1.165) is 11.4 Å². The van der Waals surface area contributed by atoms with E-state index in [2.05, 4.69) is 10.4 Å². The molecule has 1 amide bonds. The molecule has 7 heteroatoms. The summed E-state index contributed by atoms with van der Waals surface area (Å²) in [6.07, 6.45) is 0. The van der Waals surface area contributed by atoms with Gasteiger partial charge in [-0.3, -0.25) is 4.79 Å². The summed E-state index contributed by atoms with van der Waals surface area (Å²) in [6, 6.07) is 12.8. The summed E-state index contributed by atoms with van der Waals surface area (Å²) >= 11 is 12.2. The molecule has 0 aliphatic carbocycles. The fraction of sp³-hybridized carbons (Fsp3) is 0.158. The molecule has 1 N–H and O–H groups in total. The molecule has 0 spiro atoms. The number of hydrogen-bond acceptors (Lipinski definition) is 3. The van der Waals surface area contributed by atoms with E-state index in [1.54, 1.807) is 4.68 Å². The zero-order chi connectivity index (χ0) is 18.8. The Balaban J connectivity index is 1.92. The Bertz CT molecular complexity index is 945. The second-order valence-electron chi connectivity index (χ2n) is 5.72. The van der Waals surface area contributed by atoms with Crippen LogP contribution in [-0.2, 0) is 0 Å². The smallest absolute Gasteiger partial charge is 0.255 e. The van der Waals surface area contributed by atoms with E-state index in [1.807, 2.05) is 44.2 Å². The number of hydrogen-bond donors (Lipinski definition) is 1. The van der Waals surface area contributed by atoms with Gasteiger partial charge in [-0.15, -0.1) is 0 Å². The Morgan fingerprint density at radius 1 is 1.12 bits per heavy atom. The van der Waals surface area contributed by atoms with E-state index in [1.165, 1.54) is 19.2 Å². The number of benzene rings is 2.